The SMILES string of the molecule is COc1ccc(NCC(=O)NCC(F)(F)F)cc1-n1nnnc1C. The van der Waals surface area contributed by atoms with Gasteiger partial charge in [-0.3, -0.25) is 4.79 Å². The van der Waals surface area contributed by atoms with Crippen molar-refractivity contribution in [3.05, 3.63) is 24.0 Å². The lowest BCUT2D eigenvalue weighted by Gasteiger charge is -2.13. The number of amides is 1. The molecule has 2 rings (SSSR count). The van der Waals surface area contributed by atoms with Gasteiger partial charge in [0.2, 0.25) is 5.91 Å². The number of alkyl halides is 3. The number of halogens is 3. The first-order valence-electron chi connectivity index (χ1n) is 6.81. The monoisotopic (exact) mass is 344 g/mol. The molecule has 0 unspecified atom stereocenters. The fourth-order valence-corrected chi connectivity index (χ4v) is 1.86. The average Bonchev–Trinajstić information content (AvgIpc) is 2.96. The molecule has 24 heavy (non-hydrogen) atoms. The molecule has 2 aromatic rings. The van der Waals surface area contributed by atoms with Gasteiger partial charge in [0.05, 0.1) is 13.7 Å². The number of benzene rings is 1. The topological polar surface area (TPSA) is 94.0 Å². The molecule has 130 valence electrons. The van der Waals surface area contributed by atoms with Gasteiger partial charge in [-0.1, -0.05) is 0 Å². The van der Waals surface area contributed by atoms with Crippen molar-refractivity contribution in [2.75, 3.05) is 25.5 Å². The second-order valence-electron chi connectivity index (χ2n) is 4.77. The summed E-state index contributed by atoms with van der Waals surface area (Å²) in [7, 11) is 1.48. The van der Waals surface area contributed by atoms with Crippen molar-refractivity contribution >= 4 is 11.6 Å². The van der Waals surface area contributed by atoms with Crippen molar-refractivity contribution in [3.63, 3.8) is 0 Å². The van der Waals surface area contributed by atoms with E-state index in [1.54, 1.807) is 30.4 Å². The Bertz CT molecular complexity index is 716. The summed E-state index contributed by atoms with van der Waals surface area (Å²) in [6, 6.07) is 4.88. The van der Waals surface area contributed by atoms with E-state index in [0.717, 1.165) is 0 Å². The Kier molecular flexibility index (Phi) is 5.21. The molecule has 1 amide bonds. The maximum atomic E-state index is 12.0. The molecule has 1 aromatic carbocycles. The van der Waals surface area contributed by atoms with Crippen LogP contribution >= 0.6 is 0 Å². The summed E-state index contributed by atoms with van der Waals surface area (Å²) in [5.41, 5.74) is 1.03. The van der Waals surface area contributed by atoms with Gasteiger partial charge in [-0.2, -0.15) is 17.9 Å². The van der Waals surface area contributed by atoms with E-state index >= 15 is 0 Å². The number of hydrogen-bond donors (Lipinski definition) is 2. The number of aromatic nitrogens is 4. The third-order valence-electron chi connectivity index (χ3n) is 2.97. The number of carbonyl (C=O) groups excluding carboxylic acids is 1. The van der Waals surface area contributed by atoms with Crippen LogP contribution in [-0.4, -0.2) is 52.5 Å². The summed E-state index contributed by atoms with van der Waals surface area (Å²) in [5, 5.41) is 15.7. The predicted molar refractivity (Wildman–Crippen MR) is 78.0 cm³/mol. The lowest BCUT2D eigenvalue weighted by molar-refractivity contribution is -0.137. The molecular weight excluding hydrogens is 329 g/mol. The van der Waals surface area contributed by atoms with Crippen LogP contribution in [0.2, 0.25) is 0 Å². The number of nitrogens with zero attached hydrogens (tertiary/aromatic N) is 4. The molecule has 8 nitrogen and oxygen atoms in total. The summed E-state index contributed by atoms with van der Waals surface area (Å²) in [4.78, 5) is 11.4. The minimum atomic E-state index is -4.44. The number of carbonyl (C=O) groups is 1. The highest BCUT2D eigenvalue weighted by atomic mass is 19.4. The lowest BCUT2D eigenvalue weighted by atomic mass is 10.2. The summed E-state index contributed by atoms with van der Waals surface area (Å²) in [5.74, 6) is 0.245. The molecular formula is C13H15F3N6O2. The molecule has 1 heterocycles. The molecule has 0 aliphatic carbocycles. The maximum Gasteiger partial charge on any atom is 0.405 e. The van der Waals surface area contributed by atoms with Gasteiger partial charge in [-0.15, -0.1) is 5.10 Å². The molecule has 0 saturated carbocycles. The number of anilines is 1. The van der Waals surface area contributed by atoms with Crippen LogP contribution in [0.15, 0.2) is 18.2 Å². The van der Waals surface area contributed by atoms with Gasteiger partial charge in [0.15, 0.2) is 5.82 Å². The highest BCUT2D eigenvalue weighted by Crippen LogP contribution is 2.26. The zero-order chi connectivity index (χ0) is 17.7. The zero-order valence-electron chi connectivity index (χ0n) is 12.9. The first-order chi connectivity index (χ1) is 11.3. The van der Waals surface area contributed by atoms with Crippen LogP contribution in [0.1, 0.15) is 5.82 Å². The minimum Gasteiger partial charge on any atom is -0.494 e. The number of rotatable bonds is 6. The summed E-state index contributed by atoms with van der Waals surface area (Å²) >= 11 is 0. The Morgan fingerprint density at radius 1 is 1.38 bits per heavy atom. The van der Waals surface area contributed by atoms with Crippen molar-refractivity contribution in [1.82, 2.24) is 25.5 Å². The Morgan fingerprint density at radius 3 is 2.71 bits per heavy atom. The number of ether oxygens (including phenoxy) is 1. The smallest absolute Gasteiger partial charge is 0.405 e. The molecule has 1 aromatic heterocycles. The third kappa shape index (κ3) is 4.57. The fraction of sp³-hybridized carbons (Fsp3) is 0.385. The van der Waals surface area contributed by atoms with Crippen molar-refractivity contribution in [1.29, 1.82) is 0 Å². The predicted octanol–water partition coefficient (Wildman–Crippen LogP) is 1.07. The van der Waals surface area contributed by atoms with Crippen LogP contribution in [-0.2, 0) is 4.79 Å². The Morgan fingerprint density at radius 2 is 2.12 bits per heavy atom. The maximum absolute atomic E-state index is 12.0. The largest absolute Gasteiger partial charge is 0.494 e. The van der Waals surface area contributed by atoms with Crippen molar-refractivity contribution in [2.45, 2.75) is 13.1 Å². The quantitative estimate of drug-likeness (QED) is 0.814. The summed E-state index contributed by atoms with van der Waals surface area (Å²) in [6.07, 6.45) is -4.44. The van der Waals surface area contributed by atoms with E-state index in [0.29, 0.717) is 22.9 Å². The second kappa shape index (κ2) is 7.15. The Balaban J connectivity index is 2.07. The highest BCUT2D eigenvalue weighted by Gasteiger charge is 2.27. The normalized spacial score (nSPS) is 11.2. The molecule has 0 aliphatic heterocycles. The van der Waals surface area contributed by atoms with Crippen molar-refractivity contribution in [2.24, 2.45) is 0 Å². The van der Waals surface area contributed by atoms with E-state index < -0.39 is 18.6 Å². The van der Waals surface area contributed by atoms with Crippen molar-refractivity contribution < 1.29 is 22.7 Å². The summed E-state index contributed by atoms with van der Waals surface area (Å²) in [6.45, 7) is 0.0196. The van der Waals surface area contributed by atoms with Crippen LogP contribution in [0.3, 0.4) is 0 Å². The number of nitrogens with one attached hydrogen (secondary N) is 2. The van der Waals surface area contributed by atoms with Crippen LogP contribution in [0, 0.1) is 6.92 Å². The van der Waals surface area contributed by atoms with E-state index in [-0.39, 0.29) is 6.54 Å². The number of methoxy groups -OCH3 is 1. The van der Waals surface area contributed by atoms with Gasteiger partial charge < -0.3 is 15.4 Å². The average molecular weight is 344 g/mol. The van der Waals surface area contributed by atoms with Crippen LogP contribution in [0.5, 0.6) is 5.75 Å². The Labute approximate surface area is 135 Å². The molecule has 11 heteroatoms. The van der Waals surface area contributed by atoms with Gasteiger partial charge in [0.25, 0.3) is 0 Å². The molecule has 0 radical (unpaired) electrons. The standard InChI is InChI=1S/C13H15F3N6O2/c1-8-19-20-21-22(8)10-5-9(3-4-11(10)24-2)17-6-12(23)18-7-13(14,15)16/h3-5,17H,6-7H2,1-2H3,(H,18,23). The van der Waals surface area contributed by atoms with Crippen molar-refractivity contribution in [3.8, 4) is 11.4 Å². The van der Waals surface area contributed by atoms with Gasteiger partial charge in [-0.25, -0.2) is 0 Å². The highest BCUT2D eigenvalue weighted by molar-refractivity contribution is 5.81. The van der Waals surface area contributed by atoms with Crippen LogP contribution in [0.25, 0.3) is 5.69 Å². The first kappa shape index (κ1) is 17.5. The van der Waals surface area contributed by atoms with E-state index in [1.807, 2.05) is 0 Å². The van der Waals surface area contributed by atoms with E-state index in [1.165, 1.54) is 11.8 Å². The van der Waals surface area contributed by atoms with Gasteiger partial charge in [-0.05, 0) is 35.5 Å². The molecule has 0 atom stereocenters. The Hall–Kier alpha value is -2.85. The molecule has 0 bridgehead atoms. The van der Waals surface area contributed by atoms with Gasteiger partial charge >= 0.3 is 6.18 Å². The first-order valence-corrected chi connectivity index (χ1v) is 6.81. The second-order valence-corrected chi connectivity index (χ2v) is 4.77. The molecule has 2 N–H and O–H groups in total. The number of tetrazole rings is 1. The molecule has 0 fully saturated rings. The van der Waals surface area contributed by atoms with E-state index in [9.17, 15) is 18.0 Å². The van der Waals surface area contributed by atoms with E-state index in [2.05, 4.69) is 20.8 Å². The van der Waals surface area contributed by atoms with E-state index in [4.69, 9.17) is 4.74 Å². The number of hydrogen-bond acceptors (Lipinski definition) is 6. The summed E-state index contributed by atoms with van der Waals surface area (Å²) < 4.78 is 42.8. The van der Waals surface area contributed by atoms with Gasteiger partial charge in [0.1, 0.15) is 18.0 Å². The molecule has 0 spiro atoms. The molecule has 0 saturated heterocycles. The lowest BCUT2D eigenvalue weighted by Crippen LogP contribution is -2.37. The number of aryl methyl sites for hydroxylation is 1. The fourth-order valence-electron chi connectivity index (χ4n) is 1.86. The van der Waals surface area contributed by atoms with Gasteiger partial charge in [0, 0.05) is 5.69 Å². The molecule has 0 aliphatic rings. The van der Waals surface area contributed by atoms with Crippen LogP contribution < -0.4 is 15.4 Å². The third-order valence-corrected chi connectivity index (χ3v) is 2.97. The van der Waals surface area contributed by atoms with Crippen LogP contribution in [0.4, 0.5) is 18.9 Å². The zero-order valence-corrected chi connectivity index (χ0v) is 12.9. The minimum absolute atomic E-state index is 0.309.